The Balaban J connectivity index is 4.77. The molecular weight excluding hydrogens is 901 g/mol. The van der Waals surface area contributed by atoms with Crippen LogP contribution >= 0.6 is 0 Å². The summed E-state index contributed by atoms with van der Waals surface area (Å²) in [5.74, 6) is -1.16. The zero-order valence-electron chi connectivity index (χ0n) is 45.0. The molecule has 0 radical (unpaired) electrons. The van der Waals surface area contributed by atoms with Gasteiger partial charge in [0.2, 0.25) is 0 Å². The normalized spacial score (nSPS) is 14.0. The van der Waals surface area contributed by atoms with Crippen LogP contribution in [0.4, 0.5) is 0 Å². The van der Waals surface area contributed by atoms with Gasteiger partial charge >= 0.3 is 17.9 Å². The van der Waals surface area contributed by atoms with Crippen LogP contribution in [0.2, 0.25) is 0 Å². The highest BCUT2D eigenvalue weighted by Crippen LogP contribution is 2.10. The van der Waals surface area contributed by atoms with Gasteiger partial charge in [-0.05, 0) is 96.3 Å². The molecule has 73 heavy (non-hydrogen) atoms. The van der Waals surface area contributed by atoms with E-state index in [1.165, 1.54) is 0 Å². The second-order valence-electron chi connectivity index (χ2n) is 16.6. The van der Waals surface area contributed by atoms with Gasteiger partial charge in [-0.1, -0.05) is 265 Å². The van der Waals surface area contributed by atoms with Crippen molar-refractivity contribution in [2.24, 2.45) is 0 Å². The Morgan fingerprint density at radius 3 is 0.932 bits per heavy atom. The number of hydrogen-bond acceptors (Lipinski definition) is 6. The Morgan fingerprint density at radius 2 is 0.589 bits per heavy atom. The molecule has 6 nitrogen and oxygen atoms in total. The largest absolute Gasteiger partial charge is 0.462 e. The molecule has 0 spiro atoms. The summed E-state index contributed by atoms with van der Waals surface area (Å²) >= 11 is 0. The maximum Gasteiger partial charge on any atom is 0.306 e. The van der Waals surface area contributed by atoms with E-state index in [1.807, 2.05) is 146 Å². The summed E-state index contributed by atoms with van der Waals surface area (Å²) in [6.45, 7) is 6.04. The summed E-state index contributed by atoms with van der Waals surface area (Å²) in [6.07, 6.45) is 93.2. The van der Waals surface area contributed by atoms with Crippen LogP contribution in [0.25, 0.3) is 0 Å². The maximum absolute atomic E-state index is 12.8. The van der Waals surface area contributed by atoms with Crippen molar-refractivity contribution in [2.45, 2.75) is 155 Å². The van der Waals surface area contributed by atoms with Crippen LogP contribution in [-0.4, -0.2) is 37.2 Å². The monoisotopic (exact) mass is 993 g/mol. The molecular formula is C67H92O6. The molecule has 396 valence electrons. The average Bonchev–Trinajstić information content (AvgIpc) is 3.39. The van der Waals surface area contributed by atoms with Gasteiger partial charge in [0.15, 0.2) is 6.10 Å². The first kappa shape index (κ1) is 66.5. The number of carbonyl (C=O) groups is 3. The van der Waals surface area contributed by atoms with Gasteiger partial charge in [0.05, 0.1) is 0 Å². The number of esters is 3. The van der Waals surface area contributed by atoms with Crippen molar-refractivity contribution in [1.29, 1.82) is 0 Å². The first-order chi connectivity index (χ1) is 36.0. The quantitative estimate of drug-likeness (QED) is 0.0199. The van der Waals surface area contributed by atoms with Gasteiger partial charge in [0.1, 0.15) is 13.2 Å². The van der Waals surface area contributed by atoms with Crippen LogP contribution < -0.4 is 0 Å². The molecule has 1 atom stereocenters. The first-order valence-corrected chi connectivity index (χ1v) is 27.1. The molecule has 0 aromatic rings. The Labute approximate surface area is 444 Å². The fourth-order valence-electron chi connectivity index (χ4n) is 6.07. The van der Waals surface area contributed by atoms with Crippen molar-refractivity contribution in [3.63, 3.8) is 0 Å². The zero-order chi connectivity index (χ0) is 52.9. The van der Waals surface area contributed by atoms with Gasteiger partial charge in [0.25, 0.3) is 0 Å². The molecule has 0 fully saturated rings. The molecule has 0 aliphatic heterocycles. The van der Waals surface area contributed by atoms with E-state index in [1.54, 1.807) is 0 Å². The predicted molar refractivity (Wildman–Crippen MR) is 315 cm³/mol. The van der Waals surface area contributed by atoms with Gasteiger partial charge in [0, 0.05) is 19.3 Å². The van der Waals surface area contributed by atoms with Gasteiger partial charge in [-0.15, -0.1) is 0 Å². The van der Waals surface area contributed by atoms with Crippen LogP contribution in [0.3, 0.4) is 0 Å². The highest BCUT2D eigenvalue weighted by Gasteiger charge is 2.19. The molecule has 0 aromatic carbocycles. The molecule has 1 unspecified atom stereocenters. The van der Waals surface area contributed by atoms with Crippen LogP contribution in [0.1, 0.15) is 149 Å². The van der Waals surface area contributed by atoms with Crippen molar-refractivity contribution >= 4 is 17.9 Å². The second-order valence-corrected chi connectivity index (χ2v) is 16.6. The van der Waals surface area contributed by atoms with Crippen molar-refractivity contribution in [3.05, 3.63) is 231 Å². The van der Waals surface area contributed by atoms with E-state index in [2.05, 4.69) is 106 Å². The maximum atomic E-state index is 12.8. The van der Waals surface area contributed by atoms with Crippen molar-refractivity contribution in [1.82, 2.24) is 0 Å². The minimum atomic E-state index is -0.874. The molecule has 0 aromatic heterocycles. The average molecular weight is 993 g/mol. The van der Waals surface area contributed by atoms with E-state index in [-0.39, 0.29) is 44.4 Å². The van der Waals surface area contributed by atoms with E-state index in [4.69, 9.17) is 14.2 Å². The third-order valence-corrected chi connectivity index (χ3v) is 10.0. The van der Waals surface area contributed by atoms with Crippen molar-refractivity contribution < 1.29 is 28.6 Å². The minimum Gasteiger partial charge on any atom is -0.462 e. The van der Waals surface area contributed by atoms with Gasteiger partial charge in [-0.3, -0.25) is 14.4 Å². The predicted octanol–water partition coefficient (Wildman–Crippen LogP) is 18.4. The molecule has 0 N–H and O–H groups in total. The Bertz CT molecular complexity index is 1960. The zero-order valence-corrected chi connectivity index (χ0v) is 45.0. The molecule has 6 heteroatoms. The van der Waals surface area contributed by atoms with E-state index < -0.39 is 12.1 Å². The Morgan fingerprint density at radius 1 is 0.288 bits per heavy atom. The smallest absolute Gasteiger partial charge is 0.306 e. The molecule has 0 heterocycles. The summed E-state index contributed by atoms with van der Waals surface area (Å²) in [5, 5.41) is 0. The summed E-state index contributed by atoms with van der Waals surface area (Å²) in [6, 6.07) is 0. The molecule has 0 saturated heterocycles. The van der Waals surface area contributed by atoms with Crippen LogP contribution in [-0.2, 0) is 28.6 Å². The van der Waals surface area contributed by atoms with E-state index >= 15 is 0 Å². The fraction of sp³-hybridized carbons (Fsp3) is 0.388. The number of ether oxygens (including phenoxy) is 3. The molecule has 0 aliphatic rings. The number of carbonyl (C=O) groups excluding carboxylic acids is 3. The summed E-state index contributed by atoms with van der Waals surface area (Å²) in [4.78, 5) is 38.1. The third kappa shape index (κ3) is 56.3. The van der Waals surface area contributed by atoms with Gasteiger partial charge in [-0.25, -0.2) is 0 Å². The topological polar surface area (TPSA) is 78.9 Å². The molecule has 0 amide bonds. The van der Waals surface area contributed by atoms with Crippen LogP contribution in [0.15, 0.2) is 231 Å². The lowest BCUT2D eigenvalue weighted by Crippen LogP contribution is -2.30. The van der Waals surface area contributed by atoms with E-state index in [9.17, 15) is 14.4 Å². The van der Waals surface area contributed by atoms with Gasteiger partial charge < -0.3 is 14.2 Å². The van der Waals surface area contributed by atoms with E-state index in [0.717, 1.165) is 89.9 Å². The van der Waals surface area contributed by atoms with Crippen molar-refractivity contribution in [3.8, 4) is 0 Å². The highest BCUT2D eigenvalue weighted by atomic mass is 16.6. The summed E-state index contributed by atoms with van der Waals surface area (Å²) in [7, 11) is 0. The molecule has 0 rings (SSSR count). The lowest BCUT2D eigenvalue weighted by molar-refractivity contribution is -0.166. The van der Waals surface area contributed by atoms with Gasteiger partial charge in [-0.2, -0.15) is 0 Å². The Hall–Kier alpha value is -6.53. The Kier molecular flexibility index (Phi) is 52.9. The minimum absolute atomic E-state index is 0.163. The number of allylic oxidation sites excluding steroid dienone is 38. The standard InChI is InChI=1S/C67H92O6/c1-4-7-10-13-16-19-22-25-28-31-33-36-39-42-45-48-51-54-57-60-66(69)72-63-64(62-71-65(68)59-56-53-50-47-44-41-38-35-30-27-24-21-18-15-12-9-6-3)73-67(70)61-58-55-52-49-46-43-40-37-34-32-29-26-23-20-17-14-11-8-5-2/h7-13,15-22,24-31,33-39,41-46,52,55,64H,4-6,14,23,32,40,47-51,53-54,56-63H2,1-3H3/b10-7-,11-8-,12-9-,16-13-,18-15-,20-17-,22-19-,24-21-,28-25-,29-26-,30-27-,33-31+,37-34-,38-35+,39-36-,44-41-,45-42-,46-43-,55-52-. The molecule has 0 bridgehead atoms. The fourth-order valence-corrected chi connectivity index (χ4v) is 6.07. The summed E-state index contributed by atoms with van der Waals surface area (Å²) < 4.78 is 16.7. The molecule has 0 saturated carbocycles. The second kappa shape index (κ2) is 58.0. The molecule has 0 aliphatic carbocycles. The lowest BCUT2D eigenvalue weighted by Gasteiger charge is -2.18. The number of unbranched alkanes of at least 4 members (excludes halogenated alkanes) is 6. The number of hydrogen-bond donors (Lipinski definition) is 0. The highest BCUT2D eigenvalue weighted by molar-refractivity contribution is 5.71. The number of rotatable bonds is 44. The van der Waals surface area contributed by atoms with Crippen LogP contribution in [0, 0.1) is 0 Å². The lowest BCUT2D eigenvalue weighted by atomic mass is 10.1. The summed E-state index contributed by atoms with van der Waals surface area (Å²) in [5.41, 5.74) is 0. The SMILES string of the molecule is CC\C=C/C=C\C=C/C=C\C=C\C=C/C=C\CCCCCC(=O)OCC(COC(=O)CCCCC\C=C/C=C/C=C\C=C/C=C\C=C/CC)OC(=O)CC/C=C\C/C=C\C/C=C\C/C=C\C/C=C\C/C=C\CC. The van der Waals surface area contributed by atoms with E-state index in [0.29, 0.717) is 19.3 Å². The third-order valence-electron chi connectivity index (χ3n) is 10.0. The first-order valence-electron chi connectivity index (χ1n) is 27.1. The van der Waals surface area contributed by atoms with Crippen molar-refractivity contribution in [2.75, 3.05) is 13.2 Å². The van der Waals surface area contributed by atoms with Crippen LogP contribution in [0.5, 0.6) is 0 Å².